The van der Waals surface area contributed by atoms with Gasteiger partial charge >= 0.3 is 90.3 Å². The summed E-state index contributed by atoms with van der Waals surface area (Å²) in [4.78, 5) is 2.72. The maximum Gasteiger partial charge on any atom is 0.0419 e. The number of hydrogen-bond donors (Lipinski definition) is 0. The van der Waals surface area contributed by atoms with Crippen LogP contribution in [0.1, 0.15) is 114 Å². The Kier molecular flexibility index (Phi) is 12.3. The summed E-state index contributed by atoms with van der Waals surface area (Å²) in [6.45, 7) is 23.1. The molecule has 2 unspecified atom stereocenters. The molecule has 1 aliphatic carbocycles. The maximum absolute atomic E-state index is 5.72. The normalized spacial score (nSPS) is 21.0. The van der Waals surface area contributed by atoms with Gasteiger partial charge in [0.05, 0.1) is 0 Å². The summed E-state index contributed by atoms with van der Waals surface area (Å²) in [5.74, 6) is 1.93. The van der Waals surface area contributed by atoms with E-state index in [2.05, 4.69) is 88.9 Å². The largest absolute Gasteiger partial charge is 0.392 e. The smallest absolute Gasteiger partial charge is 0.0419 e. The van der Waals surface area contributed by atoms with Crippen LogP contribution in [-0.4, -0.2) is 22.3 Å². The molecule has 3 aromatic rings. The van der Waals surface area contributed by atoms with Crippen LogP contribution < -0.4 is 9.64 Å². The van der Waals surface area contributed by atoms with Gasteiger partial charge in [-0.3, -0.25) is 0 Å². The third-order valence-corrected chi connectivity index (χ3v) is 10.2. The zero-order valence-corrected chi connectivity index (χ0v) is 30.4. The van der Waals surface area contributed by atoms with Gasteiger partial charge in [0.25, 0.3) is 0 Å². The molecule has 1 saturated heterocycles. The predicted octanol–water partition coefficient (Wildman–Crippen LogP) is 10.7. The first-order valence-electron chi connectivity index (χ1n) is 15.6. The van der Waals surface area contributed by atoms with Gasteiger partial charge in [0.2, 0.25) is 0 Å². The van der Waals surface area contributed by atoms with Gasteiger partial charge in [-0.1, -0.05) is 76.2 Å². The Morgan fingerprint density at radius 2 is 1.51 bits per heavy atom. The monoisotopic (exact) mass is 688 g/mol. The van der Waals surface area contributed by atoms with Gasteiger partial charge in [-0.15, -0.1) is 0 Å². The Labute approximate surface area is 274 Å². The van der Waals surface area contributed by atoms with Crippen LogP contribution in [0.15, 0.2) is 66.7 Å². The van der Waals surface area contributed by atoms with Gasteiger partial charge in [0.15, 0.2) is 0 Å². The second-order valence-electron chi connectivity index (χ2n) is 13.5. The third kappa shape index (κ3) is 7.48. The SMILES string of the molecule is CC(C)Oc1ccccc1[CH]=[Ru][Cl].[CH2-]C1N(c2c(C(C)C)cccc2C(C)C)C(C)(C)CC12CCCc1ccccc12.[CH3-]. The Bertz CT molecular complexity index is 1350. The maximum atomic E-state index is 5.72. The number of halogens is 1. The minimum Gasteiger partial charge on any atom is -0.392 e. The van der Waals surface area contributed by atoms with Crippen molar-refractivity contribution in [2.75, 3.05) is 4.90 Å². The van der Waals surface area contributed by atoms with Crippen molar-refractivity contribution in [1.29, 1.82) is 0 Å². The number of para-hydroxylation sites is 2. The van der Waals surface area contributed by atoms with Gasteiger partial charge in [0, 0.05) is 11.2 Å². The van der Waals surface area contributed by atoms with E-state index in [0.29, 0.717) is 11.8 Å². The Morgan fingerprint density at radius 1 is 0.907 bits per heavy atom. The number of nitrogens with zero attached hydrogens (tertiary/aromatic N) is 1. The Balaban J connectivity index is 0.000000306. The van der Waals surface area contributed by atoms with E-state index in [0.717, 1.165) is 11.3 Å². The van der Waals surface area contributed by atoms with Crippen LogP contribution >= 0.6 is 9.69 Å². The number of hydrogen-bond acceptors (Lipinski definition) is 2. The van der Waals surface area contributed by atoms with Gasteiger partial charge in [-0.2, -0.15) is 0 Å². The molecule has 0 saturated carbocycles. The van der Waals surface area contributed by atoms with Crippen LogP contribution in [0.2, 0.25) is 0 Å². The third-order valence-electron chi connectivity index (χ3n) is 8.99. The molecule has 1 aliphatic heterocycles. The van der Waals surface area contributed by atoms with Crippen molar-refractivity contribution in [2.45, 2.75) is 116 Å². The molecule has 4 heteroatoms. The number of anilines is 1. The van der Waals surface area contributed by atoms with Crippen molar-refractivity contribution in [3.8, 4) is 5.75 Å². The van der Waals surface area contributed by atoms with Crippen molar-refractivity contribution in [1.82, 2.24) is 0 Å². The van der Waals surface area contributed by atoms with Crippen molar-refractivity contribution in [2.24, 2.45) is 0 Å². The van der Waals surface area contributed by atoms with E-state index in [-0.39, 0.29) is 46.2 Å². The molecule has 1 heterocycles. The summed E-state index contributed by atoms with van der Waals surface area (Å²) in [5.41, 5.74) is 8.84. The first-order valence-corrected chi connectivity index (χ1v) is 18.8. The van der Waals surface area contributed by atoms with Crippen molar-refractivity contribution in [3.63, 3.8) is 0 Å². The summed E-state index contributed by atoms with van der Waals surface area (Å²) in [6, 6.07) is 24.3. The van der Waals surface area contributed by atoms with Crippen LogP contribution in [0.3, 0.4) is 0 Å². The van der Waals surface area contributed by atoms with Crippen LogP contribution in [0.25, 0.3) is 0 Å². The minimum absolute atomic E-state index is 0. The van der Waals surface area contributed by atoms with Crippen molar-refractivity contribution < 1.29 is 20.4 Å². The number of fused-ring (bicyclic) bond motifs is 2. The van der Waals surface area contributed by atoms with E-state index in [1.807, 2.05) is 42.7 Å². The fraction of sp³-hybridized carbons (Fsp3) is 0.462. The van der Waals surface area contributed by atoms with Crippen molar-refractivity contribution in [3.05, 3.63) is 109 Å². The van der Waals surface area contributed by atoms with Gasteiger partial charge in [-0.25, -0.2) is 0 Å². The molecule has 1 spiro atoms. The van der Waals surface area contributed by atoms with E-state index in [9.17, 15) is 0 Å². The Hall–Kier alpha value is -1.96. The summed E-state index contributed by atoms with van der Waals surface area (Å²) < 4.78 is 7.66. The van der Waals surface area contributed by atoms with Crippen LogP contribution in [-0.2, 0) is 27.5 Å². The molecular formula is C39H53ClNORu-2. The van der Waals surface area contributed by atoms with Gasteiger partial charge in [-0.05, 0) is 79.0 Å². The number of ether oxygens (including phenoxy) is 1. The van der Waals surface area contributed by atoms with E-state index >= 15 is 0 Å². The zero-order chi connectivity index (χ0) is 30.7. The second kappa shape index (κ2) is 14.9. The molecule has 2 nitrogen and oxygen atoms in total. The fourth-order valence-electron chi connectivity index (χ4n) is 7.34. The van der Waals surface area contributed by atoms with E-state index in [1.165, 1.54) is 42.5 Å². The first kappa shape index (κ1) is 35.5. The van der Waals surface area contributed by atoms with Crippen LogP contribution in [0, 0.1) is 14.4 Å². The average Bonchev–Trinajstić information content (AvgIpc) is 3.14. The molecule has 2 aliphatic rings. The Morgan fingerprint density at radius 3 is 2.12 bits per heavy atom. The topological polar surface area (TPSA) is 12.5 Å². The van der Waals surface area contributed by atoms with E-state index in [4.69, 9.17) is 21.4 Å². The van der Waals surface area contributed by atoms with Gasteiger partial charge < -0.3 is 19.3 Å². The van der Waals surface area contributed by atoms with E-state index in [1.54, 1.807) is 11.1 Å². The molecule has 237 valence electrons. The number of rotatable bonds is 6. The average molecular weight is 688 g/mol. The minimum atomic E-state index is -0.191. The summed E-state index contributed by atoms with van der Waals surface area (Å²) in [6.07, 6.45) is 5.12. The fourth-order valence-corrected chi connectivity index (χ4v) is 8.45. The number of aryl methyl sites for hydroxylation is 1. The molecule has 0 bridgehead atoms. The van der Waals surface area contributed by atoms with Crippen molar-refractivity contribution >= 4 is 20.0 Å². The standard InChI is InChI=1S/C28H38N.C10H12O.CH3.ClH.Ru/c1-19(2)23-14-10-15-24(20(3)4)26(23)29-21(5)28(18-27(29,6)7)17-11-13-22-12-8-9-16-25(22)28;1-8(2)11-10-7-5-4-6-9(10)3;;;/h8-10,12,14-16,19-21H,5,11,13,17-18H2,1-4,6-7H3;3-8H,1-2H3;1H3;1H;/q-1;;-1;;+1/p-1. The summed E-state index contributed by atoms with van der Waals surface area (Å²) in [5, 5.41) is 0. The summed E-state index contributed by atoms with van der Waals surface area (Å²) >= 11 is -0.191. The molecule has 0 amide bonds. The molecule has 2 atom stereocenters. The molecule has 0 aromatic heterocycles. The molecule has 43 heavy (non-hydrogen) atoms. The first-order chi connectivity index (χ1) is 19.9. The molecule has 0 radical (unpaired) electrons. The quantitative estimate of drug-likeness (QED) is 0.189. The number of benzene rings is 3. The molecule has 5 rings (SSSR count). The van der Waals surface area contributed by atoms with E-state index < -0.39 is 0 Å². The molecule has 3 aromatic carbocycles. The molecular weight excluding hydrogens is 635 g/mol. The molecule has 1 fully saturated rings. The second-order valence-corrected chi connectivity index (χ2v) is 15.3. The molecule has 0 N–H and O–H groups in total. The van der Waals surface area contributed by atoms with Gasteiger partial charge in [0.1, 0.15) is 0 Å². The van der Waals surface area contributed by atoms with Crippen LogP contribution in [0.5, 0.6) is 5.75 Å². The zero-order valence-electron chi connectivity index (χ0n) is 27.9. The van der Waals surface area contributed by atoms with Crippen LogP contribution in [0.4, 0.5) is 5.69 Å². The predicted molar refractivity (Wildman–Crippen MR) is 186 cm³/mol. The summed E-state index contributed by atoms with van der Waals surface area (Å²) in [7, 11) is 5.72.